The lowest BCUT2D eigenvalue weighted by molar-refractivity contribution is 0.416. The van der Waals surface area contributed by atoms with Crippen molar-refractivity contribution in [1.29, 1.82) is 0 Å². The van der Waals surface area contributed by atoms with Crippen LogP contribution in [0.3, 0.4) is 0 Å². The van der Waals surface area contributed by atoms with E-state index in [0.29, 0.717) is 0 Å². The zero-order chi connectivity index (χ0) is 4.24. The van der Waals surface area contributed by atoms with Crippen molar-refractivity contribution >= 4 is 0 Å². The fourth-order valence-corrected chi connectivity index (χ4v) is 0.414. The standard InChI is InChI=1S/C3H8N3/c1-2-5-6-3-4-1/h4,6H,1-3H2. The normalized spacial score (nSPS) is 24.0. The van der Waals surface area contributed by atoms with Crippen molar-refractivity contribution in [2.45, 2.75) is 0 Å². The second kappa shape index (κ2) is 2.12. The average Bonchev–Trinajstić information content (AvgIpc) is 1.72. The summed E-state index contributed by atoms with van der Waals surface area (Å²) >= 11 is 0. The molecule has 1 heterocycles. The predicted octanol–water partition coefficient (Wildman–Crippen LogP) is -1.34. The van der Waals surface area contributed by atoms with Crippen molar-refractivity contribution in [1.82, 2.24) is 16.2 Å². The first-order chi connectivity index (χ1) is 3.00. The molecule has 0 atom stereocenters. The summed E-state index contributed by atoms with van der Waals surface area (Å²) < 4.78 is 0. The van der Waals surface area contributed by atoms with Gasteiger partial charge in [0.2, 0.25) is 0 Å². The molecule has 35 valence electrons. The summed E-state index contributed by atoms with van der Waals surface area (Å²) in [5, 5.41) is 3.08. The Bertz CT molecular complexity index is 21.5. The summed E-state index contributed by atoms with van der Waals surface area (Å²) in [5.41, 5.74) is 6.66. The summed E-state index contributed by atoms with van der Waals surface area (Å²) in [5.74, 6) is 0. The molecule has 6 heavy (non-hydrogen) atoms. The van der Waals surface area contributed by atoms with E-state index in [1.807, 2.05) is 0 Å². The molecular weight excluding hydrogens is 78.1 g/mol. The monoisotopic (exact) mass is 86.1 g/mol. The van der Waals surface area contributed by atoms with Gasteiger partial charge in [-0.1, -0.05) is 0 Å². The Morgan fingerprint density at radius 1 is 1.50 bits per heavy atom. The third-order valence-electron chi connectivity index (χ3n) is 0.716. The molecule has 0 unspecified atom stereocenters. The Morgan fingerprint density at radius 2 is 2.50 bits per heavy atom. The Balaban J connectivity index is 2.00. The van der Waals surface area contributed by atoms with Gasteiger partial charge in [0.25, 0.3) is 0 Å². The summed E-state index contributed by atoms with van der Waals surface area (Å²) in [7, 11) is 0. The zero-order valence-corrected chi connectivity index (χ0v) is 3.57. The first kappa shape index (κ1) is 4.05. The molecule has 0 amide bonds. The second-order valence-corrected chi connectivity index (χ2v) is 1.22. The van der Waals surface area contributed by atoms with Gasteiger partial charge in [-0.3, -0.25) is 0 Å². The van der Waals surface area contributed by atoms with Crippen LogP contribution in [0.4, 0.5) is 0 Å². The largest absolute Gasteiger partial charge is 0.302 e. The predicted molar refractivity (Wildman–Crippen MR) is 23.0 cm³/mol. The number of hydrogen-bond acceptors (Lipinski definition) is 2. The summed E-state index contributed by atoms with van der Waals surface area (Å²) in [4.78, 5) is 0. The molecule has 1 saturated heterocycles. The highest BCUT2D eigenvalue weighted by Gasteiger charge is 1.91. The highest BCUT2D eigenvalue weighted by atomic mass is 15.4. The van der Waals surface area contributed by atoms with E-state index in [4.69, 9.17) is 0 Å². The number of hydrogen-bond donors (Lipinski definition) is 2. The molecule has 0 spiro atoms. The molecule has 1 aliphatic heterocycles. The topological polar surface area (TPSA) is 38.2 Å². The Morgan fingerprint density at radius 3 is 2.67 bits per heavy atom. The number of rotatable bonds is 0. The quantitative estimate of drug-likeness (QED) is 0.383. The van der Waals surface area contributed by atoms with Crippen molar-refractivity contribution in [2.75, 3.05) is 19.8 Å². The lowest BCUT2D eigenvalue weighted by atomic mass is 10.6. The SMILES string of the molecule is C1CNCN[N]1. The molecule has 2 N–H and O–H groups in total. The van der Waals surface area contributed by atoms with Crippen LogP contribution in [0, 0.1) is 0 Å². The maximum atomic E-state index is 3.86. The van der Waals surface area contributed by atoms with Crippen molar-refractivity contribution in [2.24, 2.45) is 0 Å². The van der Waals surface area contributed by atoms with E-state index < -0.39 is 0 Å². The number of nitrogens with one attached hydrogen (secondary N) is 2. The van der Waals surface area contributed by atoms with Crippen molar-refractivity contribution in [3.05, 3.63) is 0 Å². The minimum absolute atomic E-state index is 0.833. The first-order valence-electron chi connectivity index (χ1n) is 2.10. The fourth-order valence-electron chi connectivity index (χ4n) is 0.414. The third-order valence-corrected chi connectivity index (χ3v) is 0.716. The van der Waals surface area contributed by atoms with Crippen LogP contribution in [0.25, 0.3) is 0 Å². The molecule has 0 aromatic rings. The van der Waals surface area contributed by atoms with Crippen LogP contribution in [0.15, 0.2) is 0 Å². The smallest absolute Gasteiger partial charge is 0.0606 e. The second-order valence-electron chi connectivity index (χ2n) is 1.22. The van der Waals surface area contributed by atoms with Crippen LogP contribution in [0.1, 0.15) is 0 Å². The van der Waals surface area contributed by atoms with E-state index in [2.05, 4.69) is 16.2 Å². The van der Waals surface area contributed by atoms with Gasteiger partial charge >= 0.3 is 0 Å². The molecule has 1 rings (SSSR count). The van der Waals surface area contributed by atoms with Crippen LogP contribution in [0.5, 0.6) is 0 Å². The summed E-state index contributed by atoms with van der Waals surface area (Å²) in [6.45, 7) is 2.76. The summed E-state index contributed by atoms with van der Waals surface area (Å²) in [6, 6.07) is 0. The van der Waals surface area contributed by atoms with Gasteiger partial charge in [-0.2, -0.15) is 5.43 Å². The maximum absolute atomic E-state index is 3.86. The van der Waals surface area contributed by atoms with E-state index in [1.54, 1.807) is 0 Å². The molecule has 1 fully saturated rings. The fraction of sp³-hybridized carbons (Fsp3) is 1.00. The average molecular weight is 86.1 g/mol. The van der Waals surface area contributed by atoms with Crippen LogP contribution in [-0.4, -0.2) is 19.8 Å². The van der Waals surface area contributed by atoms with E-state index in [0.717, 1.165) is 19.8 Å². The maximum Gasteiger partial charge on any atom is 0.0606 e. The van der Waals surface area contributed by atoms with E-state index >= 15 is 0 Å². The van der Waals surface area contributed by atoms with E-state index in [1.165, 1.54) is 0 Å². The van der Waals surface area contributed by atoms with Crippen molar-refractivity contribution in [3.63, 3.8) is 0 Å². The van der Waals surface area contributed by atoms with Gasteiger partial charge in [0.1, 0.15) is 0 Å². The molecule has 0 aromatic carbocycles. The molecule has 0 aliphatic carbocycles. The van der Waals surface area contributed by atoms with Crippen molar-refractivity contribution in [3.8, 4) is 0 Å². The lowest BCUT2D eigenvalue weighted by Crippen LogP contribution is -2.44. The molecule has 3 heteroatoms. The van der Waals surface area contributed by atoms with Gasteiger partial charge in [0.05, 0.1) is 6.67 Å². The third kappa shape index (κ3) is 0.931. The first-order valence-corrected chi connectivity index (χ1v) is 2.10. The minimum atomic E-state index is 0.833. The lowest BCUT2D eigenvalue weighted by Gasteiger charge is -2.10. The molecule has 1 aliphatic rings. The highest BCUT2D eigenvalue weighted by Crippen LogP contribution is 1.61. The van der Waals surface area contributed by atoms with E-state index in [9.17, 15) is 0 Å². The van der Waals surface area contributed by atoms with Gasteiger partial charge in [-0.25, -0.2) is 5.43 Å². The van der Waals surface area contributed by atoms with Gasteiger partial charge in [0, 0.05) is 13.1 Å². The molecule has 3 nitrogen and oxygen atoms in total. The Kier molecular flexibility index (Phi) is 1.43. The minimum Gasteiger partial charge on any atom is -0.302 e. The molecule has 1 radical (unpaired) electrons. The van der Waals surface area contributed by atoms with E-state index in [-0.39, 0.29) is 0 Å². The molecular formula is C3H8N3. The van der Waals surface area contributed by atoms with Gasteiger partial charge < -0.3 is 5.32 Å². The van der Waals surface area contributed by atoms with Gasteiger partial charge in [-0.15, -0.1) is 0 Å². The van der Waals surface area contributed by atoms with Gasteiger partial charge in [-0.05, 0) is 0 Å². The molecule has 0 bridgehead atoms. The van der Waals surface area contributed by atoms with Gasteiger partial charge in [0.15, 0.2) is 0 Å². The van der Waals surface area contributed by atoms with Crippen LogP contribution in [-0.2, 0) is 0 Å². The van der Waals surface area contributed by atoms with Crippen molar-refractivity contribution < 1.29 is 0 Å². The zero-order valence-electron chi connectivity index (χ0n) is 3.57. The highest BCUT2D eigenvalue weighted by molar-refractivity contribution is 4.50. The molecule has 0 saturated carbocycles. The Hall–Kier alpha value is -0.120. The Labute approximate surface area is 37.1 Å². The van der Waals surface area contributed by atoms with Crippen LogP contribution < -0.4 is 16.2 Å². The van der Waals surface area contributed by atoms with Crippen LogP contribution >= 0.6 is 0 Å². The molecule has 0 aromatic heterocycles. The number of nitrogens with zero attached hydrogens (tertiary/aromatic N) is 1. The summed E-state index contributed by atoms with van der Waals surface area (Å²) in [6.07, 6.45) is 0. The van der Waals surface area contributed by atoms with Crippen LogP contribution in [0.2, 0.25) is 0 Å².